The van der Waals surface area contributed by atoms with Crippen molar-refractivity contribution >= 4 is 34.8 Å². The molecule has 0 rings (SSSR count). The number of nitrogens with one attached hydrogen (secondary N) is 1. The molecule has 7 heteroatoms. The number of unbranched alkanes of at least 4 members (excludes halogenated alkanes) is 1. The average molecular weight is 300 g/mol. The summed E-state index contributed by atoms with van der Waals surface area (Å²) in [5, 5.41) is 20.9. The molecule has 0 spiro atoms. The van der Waals surface area contributed by atoms with Crippen LogP contribution in [-0.2, 0) is 17.1 Å². The van der Waals surface area contributed by atoms with Gasteiger partial charge < -0.3 is 21.3 Å². The molecular weight excluding hydrogens is 284 g/mol. The monoisotopic (exact) mass is 299 g/mol. The van der Waals surface area contributed by atoms with Crippen molar-refractivity contribution < 1.29 is 27.3 Å². The molecule has 0 heterocycles. The Hall–Kier alpha value is -0.101. The Bertz CT molecular complexity index is 178. The van der Waals surface area contributed by atoms with E-state index in [1.807, 2.05) is 6.92 Å². The normalized spacial score (nSPS) is 10.0. The molecule has 0 aromatic carbocycles. The van der Waals surface area contributed by atoms with Gasteiger partial charge in [0, 0.05) is 16.4 Å². The van der Waals surface area contributed by atoms with Gasteiger partial charge in [-0.25, -0.2) is 0 Å². The first-order valence-corrected chi connectivity index (χ1v) is 5.15. The zero-order valence-corrected chi connectivity index (χ0v) is 11.3. The van der Waals surface area contributed by atoms with E-state index in [1.54, 1.807) is 0 Å². The molecule has 0 saturated carbocycles. The summed E-state index contributed by atoms with van der Waals surface area (Å²) in [5.41, 5.74) is 4.29. The van der Waals surface area contributed by atoms with Crippen molar-refractivity contribution in [2.45, 2.75) is 39.2 Å². The van der Waals surface area contributed by atoms with Gasteiger partial charge in [0.05, 0.1) is 0 Å². The number of hydrogen-bond acceptors (Lipinski definition) is 4. The van der Waals surface area contributed by atoms with Crippen LogP contribution in [0.3, 0.4) is 0 Å². The summed E-state index contributed by atoms with van der Waals surface area (Å²) >= 11 is 8.11. The quantitative estimate of drug-likeness (QED) is 0.532. The minimum atomic E-state index is -0.750. The Morgan fingerprint density at radius 2 is 1.80 bits per heavy atom. The van der Waals surface area contributed by atoms with Crippen LogP contribution in [-0.4, -0.2) is 16.4 Å². The van der Waals surface area contributed by atoms with Crippen LogP contribution in [0.1, 0.15) is 33.1 Å². The second-order valence-corrected chi connectivity index (χ2v) is 3.57. The summed E-state index contributed by atoms with van der Waals surface area (Å²) in [6.45, 7) is 4.10. The first kappa shape index (κ1) is 20.3. The van der Waals surface area contributed by atoms with Crippen LogP contribution in [0, 0.1) is 0 Å². The van der Waals surface area contributed by atoms with Crippen molar-refractivity contribution in [3.05, 3.63) is 0 Å². The third-order valence-corrected chi connectivity index (χ3v) is 1.47. The van der Waals surface area contributed by atoms with Gasteiger partial charge in [-0.05, 0) is 13.3 Å². The second kappa shape index (κ2) is 13.9. The molecule has 0 aliphatic heterocycles. The van der Waals surface area contributed by atoms with Gasteiger partial charge in [0.15, 0.2) is 0 Å². The molecule has 0 aromatic rings. The molecule has 15 heavy (non-hydrogen) atoms. The predicted molar refractivity (Wildman–Crippen MR) is 61.5 cm³/mol. The third-order valence-electron chi connectivity index (χ3n) is 1.35. The number of hydrogen-bond donors (Lipinski definition) is 2. The predicted octanol–water partition coefficient (Wildman–Crippen LogP) is -0.612. The van der Waals surface area contributed by atoms with Gasteiger partial charge in [0.2, 0.25) is 0 Å². The van der Waals surface area contributed by atoms with Gasteiger partial charge in [-0.2, -0.15) is 0 Å². The van der Waals surface area contributed by atoms with Gasteiger partial charge in [-0.15, -0.1) is 0 Å². The van der Waals surface area contributed by atoms with Crippen LogP contribution >= 0.6 is 24.4 Å². The summed E-state index contributed by atoms with van der Waals surface area (Å²) < 4.78 is 0. The number of rotatable bonds is 4. The van der Waals surface area contributed by atoms with Gasteiger partial charge in [-0.1, -0.05) is 44.2 Å². The molecule has 1 radical (unpaired) electrons. The Morgan fingerprint density at radius 3 is 2.07 bits per heavy atom. The first-order chi connectivity index (χ1) is 6.40. The molecule has 0 aliphatic rings. The van der Waals surface area contributed by atoms with Gasteiger partial charge in [0.25, 0.3) is 0 Å². The number of thiocarbonyl (C=S) groups is 2. The van der Waals surface area contributed by atoms with Crippen LogP contribution in [0.4, 0.5) is 0 Å². The van der Waals surface area contributed by atoms with Crippen molar-refractivity contribution in [2.24, 2.45) is 5.73 Å². The van der Waals surface area contributed by atoms with Crippen molar-refractivity contribution in [1.29, 1.82) is 0 Å². The molecule has 3 N–H and O–H groups in total. The molecule has 0 bridgehead atoms. The molecule has 4 nitrogen and oxygen atoms in total. The third kappa shape index (κ3) is 31.5. The molecule has 0 fully saturated rings. The smallest absolute Gasteiger partial charge is 0.852 e. The summed E-state index contributed by atoms with van der Waals surface area (Å²) in [6.07, 6.45) is 3.34. The molecule has 0 aliphatic carbocycles. The first-order valence-electron chi connectivity index (χ1n) is 4.34. The maximum Gasteiger partial charge on any atom is 2.00 e. The van der Waals surface area contributed by atoms with E-state index in [0.29, 0.717) is 0 Å². The maximum atomic E-state index is 10.3. The van der Waals surface area contributed by atoms with Crippen LogP contribution in [0.15, 0.2) is 0 Å². The van der Waals surface area contributed by atoms with Crippen molar-refractivity contribution in [1.82, 2.24) is 5.32 Å². The van der Waals surface area contributed by atoms with Crippen LogP contribution < -0.4 is 21.3 Å². The average Bonchev–Trinajstić information content (AvgIpc) is 1.98. The van der Waals surface area contributed by atoms with Gasteiger partial charge in [0.1, 0.15) is 0 Å². The Labute approximate surface area is 112 Å². The topological polar surface area (TPSA) is 84.2 Å². The maximum absolute atomic E-state index is 10.3. The largest absolute Gasteiger partial charge is 2.00 e. The molecule has 1 unspecified atom stereocenters. The minimum absolute atomic E-state index is 0. The molecule has 93 valence electrons. The fourth-order valence-corrected chi connectivity index (χ4v) is 0.985. The fraction of sp³-hybridized carbons (Fsp3) is 0.750. The zero-order valence-electron chi connectivity index (χ0n) is 8.71. The van der Waals surface area contributed by atoms with Crippen LogP contribution in [0.2, 0.25) is 0 Å². The summed E-state index contributed by atoms with van der Waals surface area (Å²) in [7, 11) is 0. The van der Waals surface area contributed by atoms with E-state index in [0.717, 1.165) is 19.3 Å². The molecule has 1 atom stereocenters. The van der Waals surface area contributed by atoms with Crippen molar-refractivity contribution in [3.63, 3.8) is 0 Å². The summed E-state index contributed by atoms with van der Waals surface area (Å²) in [4.78, 5) is 0. The van der Waals surface area contributed by atoms with E-state index in [9.17, 15) is 5.11 Å². The van der Waals surface area contributed by atoms with Crippen LogP contribution in [0.5, 0.6) is 0 Å². The Morgan fingerprint density at radius 1 is 1.40 bits per heavy atom. The van der Waals surface area contributed by atoms with E-state index in [1.165, 1.54) is 0 Å². The SMILES string of the molecule is CCCCC(C)NC([O-])=S.NC([O-])=S.[Cu+2]. The van der Waals surface area contributed by atoms with E-state index in [4.69, 9.17) is 5.11 Å². The fourth-order valence-electron chi connectivity index (χ4n) is 0.784. The van der Waals surface area contributed by atoms with E-state index in [2.05, 4.69) is 42.4 Å². The van der Waals surface area contributed by atoms with E-state index in [-0.39, 0.29) is 28.3 Å². The second-order valence-electron chi connectivity index (χ2n) is 2.79. The van der Waals surface area contributed by atoms with E-state index >= 15 is 0 Å². The summed E-state index contributed by atoms with van der Waals surface area (Å²) in [5.74, 6) is 0. The number of nitrogens with two attached hydrogens (primary N) is 1. The molecule has 0 saturated heterocycles. The van der Waals surface area contributed by atoms with Crippen LogP contribution in [0.25, 0.3) is 0 Å². The minimum Gasteiger partial charge on any atom is -0.852 e. The Kier molecular flexibility index (Phi) is 18.8. The standard InChI is InChI=1S/C7H15NOS.CH3NOS.Cu/c1-3-4-5-6(2)8-7(9)10;2-1(3)4;/h6H,3-5H2,1-2H3,(H2,8,9,10);(H3,2,3,4);/q;;+2/p-2. The molecular formula is C8H16CuN2O2S2. The molecule has 0 amide bonds. The van der Waals surface area contributed by atoms with Crippen molar-refractivity contribution in [3.8, 4) is 0 Å². The van der Waals surface area contributed by atoms with Gasteiger partial charge in [-0.3, -0.25) is 0 Å². The van der Waals surface area contributed by atoms with Gasteiger partial charge >= 0.3 is 17.1 Å². The van der Waals surface area contributed by atoms with E-state index < -0.39 is 5.17 Å². The zero-order chi connectivity index (χ0) is 11.6. The summed E-state index contributed by atoms with van der Waals surface area (Å²) in [6, 6.07) is 0.241. The Balaban J connectivity index is -0.000000249. The molecule has 0 aromatic heterocycles. The van der Waals surface area contributed by atoms with Crippen molar-refractivity contribution in [2.75, 3.05) is 0 Å².